The molecule has 1 N–H and O–H groups in total. The molecule has 3 heterocycles. The third-order valence-corrected chi connectivity index (χ3v) is 6.25. The second-order valence-electron chi connectivity index (χ2n) is 7.00. The summed E-state index contributed by atoms with van der Waals surface area (Å²) in [6.45, 7) is 4.24. The van der Waals surface area contributed by atoms with Crippen molar-refractivity contribution < 1.29 is 14.6 Å². The predicted molar refractivity (Wildman–Crippen MR) is 104 cm³/mol. The van der Waals surface area contributed by atoms with E-state index in [-0.39, 0.29) is 11.9 Å². The standard InChI is InChI=1S/C19H24N4O3S/c1-12-5-4-8-22(10-12)16(13-6-7-14(25-2)15(9-13)26-3)17-18(24)23-19(27-17)20-11-21-23/h6-7,9,11-12,16,24H,4-5,8,10H2,1-3H3. The molecule has 7 nitrogen and oxygen atoms in total. The van der Waals surface area contributed by atoms with Gasteiger partial charge in [0.2, 0.25) is 10.8 Å². The van der Waals surface area contributed by atoms with E-state index >= 15 is 0 Å². The molecule has 1 aliphatic heterocycles. The number of hydrogen-bond acceptors (Lipinski definition) is 7. The zero-order valence-corrected chi connectivity index (χ0v) is 16.6. The van der Waals surface area contributed by atoms with Gasteiger partial charge in [-0.15, -0.1) is 0 Å². The van der Waals surface area contributed by atoms with E-state index in [0.717, 1.165) is 30.0 Å². The highest BCUT2D eigenvalue weighted by atomic mass is 32.1. The van der Waals surface area contributed by atoms with E-state index in [9.17, 15) is 5.11 Å². The topological polar surface area (TPSA) is 72.1 Å². The lowest BCUT2D eigenvalue weighted by molar-refractivity contribution is 0.149. The molecular weight excluding hydrogens is 364 g/mol. The molecule has 3 aromatic rings. The third kappa shape index (κ3) is 3.23. The van der Waals surface area contributed by atoms with Gasteiger partial charge in [0.15, 0.2) is 11.5 Å². The molecule has 4 rings (SSSR count). The summed E-state index contributed by atoms with van der Waals surface area (Å²) in [5, 5.41) is 15.0. The van der Waals surface area contributed by atoms with Gasteiger partial charge in [-0.1, -0.05) is 24.3 Å². The fraction of sp³-hybridized carbons (Fsp3) is 0.474. The Hall–Kier alpha value is -2.32. The molecule has 0 bridgehead atoms. The summed E-state index contributed by atoms with van der Waals surface area (Å²) < 4.78 is 12.4. The lowest BCUT2D eigenvalue weighted by Gasteiger charge is -2.37. The van der Waals surface area contributed by atoms with Crippen LogP contribution < -0.4 is 9.47 Å². The first kappa shape index (κ1) is 18.1. The number of aromatic hydroxyl groups is 1. The van der Waals surface area contributed by atoms with Gasteiger partial charge in [0.25, 0.3) is 0 Å². The highest BCUT2D eigenvalue weighted by Crippen LogP contribution is 2.43. The van der Waals surface area contributed by atoms with Crippen LogP contribution in [-0.4, -0.2) is 51.9 Å². The minimum Gasteiger partial charge on any atom is -0.493 e. The van der Waals surface area contributed by atoms with Crippen molar-refractivity contribution in [3.63, 3.8) is 0 Å². The van der Waals surface area contributed by atoms with Crippen molar-refractivity contribution in [3.8, 4) is 17.4 Å². The first-order valence-electron chi connectivity index (χ1n) is 9.09. The summed E-state index contributed by atoms with van der Waals surface area (Å²) in [6, 6.07) is 5.88. The van der Waals surface area contributed by atoms with Gasteiger partial charge in [-0.25, -0.2) is 4.98 Å². The Bertz CT molecular complexity index is 938. The van der Waals surface area contributed by atoms with Crippen molar-refractivity contribution in [2.75, 3.05) is 27.3 Å². The Balaban J connectivity index is 1.83. The summed E-state index contributed by atoms with van der Waals surface area (Å²) >= 11 is 1.48. The van der Waals surface area contributed by atoms with E-state index in [1.807, 2.05) is 18.2 Å². The first-order chi connectivity index (χ1) is 13.1. The molecule has 1 aliphatic rings. The Morgan fingerprint density at radius 1 is 1.26 bits per heavy atom. The van der Waals surface area contributed by atoms with E-state index < -0.39 is 0 Å². The Labute approximate surface area is 162 Å². The molecule has 1 saturated heterocycles. The fourth-order valence-corrected chi connectivity index (χ4v) is 4.97. The zero-order chi connectivity index (χ0) is 19.0. The van der Waals surface area contributed by atoms with Crippen molar-refractivity contribution in [2.45, 2.75) is 25.8 Å². The molecule has 2 unspecified atom stereocenters. The second-order valence-corrected chi connectivity index (χ2v) is 8.01. The van der Waals surface area contributed by atoms with E-state index in [1.165, 1.54) is 28.6 Å². The number of hydrogen-bond donors (Lipinski definition) is 1. The minimum atomic E-state index is -0.0824. The molecule has 27 heavy (non-hydrogen) atoms. The molecular formula is C19H24N4O3S. The van der Waals surface area contributed by atoms with E-state index in [4.69, 9.17) is 9.47 Å². The number of methoxy groups -OCH3 is 2. The first-order valence-corrected chi connectivity index (χ1v) is 9.91. The number of benzene rings is 1. The van der Waals surface area contributed by atoms with E-state index in [0.29, 0.717) is 22.4 Å². The Morgan fingerprint density at radius 3 is 2.78 bits per heavy atom. The minimum absolute atomic E-state index is 0.0824. The molecule has 0 amide bonds. The summed E-state index contributed by atoms with van der Waals surface area (Å²) in [5.41, 5.74) is 1.06. The summed E-state index contributed by atoms with van der Waals surface area (Å²) in [6.07, 6.45) is 3.84. The highest BCUT2D eigenvalue weighted by Gasteiger charge is 2.32. The Kier molecular flexibility index (Phi) is 4.92. The van der Waals surface area contributed by atoms with E-state index in [2.05, 4.69) is 21.9 Å². The van der Waals surface area contributed by atoms with Crippen LogP contribution in [0.1, 0.15) is 36.2 Å². The summed E-state index contributed by atoms with van der Waals surface area (Å²) in [5.74, 6) is 2.15. The number of thiazole rings is 1. The molecule has 0 aliphatic carbocycles. The van der Waals surface area contributed by atoms with E-state index in [1.54, 1.807) is 14.2 Å². The second kappa shape index (κ2) is 7.36. The quantitative estimate of drug-likeness (QED) is 0.723. The number of aromatic nitrogens is 3. The van der Waals surface area contributed by atoms with Gasteiger partial charge >= 0.3 is 0 Å². The number of nitrogens with zero attached hydrogens (tertiary/aromatic N) is 4. The maximum Gasteiger partial charge on any atom is 0.230 e. The smallest absolute Gasteiger partial charge is 0.230 e. The molecule has 2 atom stereocenters. The van der Waals surface area contributed by atoms with Crippen LogP contribution in [0, 0.1) is 5.92 Å². The number of ether oxygens (including phenoxy) is 2. The number of rotatable bonds is 5. The SMILES string of the molecule is COc1ccc(C(c2sc3ncnn3c2O)N2CCCC(C)C2)cc1OC. The van der Waals surface area contributed by atoms with Crippen molar-refractivity contribution in [2.24, 2.45) is 5.92 Å². The van der Waals surface area contributed by atoms with Crippen molar-refractivity contribution in [1.82, 2.24) is 19.5 Å². The molecule has 0 spiro atoms. The molecule has 0 saturated carbocycles. The maximum atomic E-state index is 10.8. The Morgan fingerprint density at radius 2 is 2.07 bits per heavy atom. The van der Waals surface area contributed by atoms with Crippen LogP contribution in [-0.2, 0) is 0 Å². The molecule has 2 aromatic heterocycles. The fourth-order valence-electron chi connectivity index (χ4n) is 3.88. The summed E-state index contributed by atoms with van der Waals surface area (Å²) in [4.78, 5) is 8.22. The molecule has 1 fully saturated rings. The van der Waals surface area contributed by atoms with Crippen LogP contribution in [0.15, 0.2) is 24.5 Å². The molecule has 1 aromatic carbocycles. The van der Waals surface area contributed by atoms with Crippen LogP contribution in [0.25, 0.3) is 4.96 Å². The van der Waals surface area contributed by atoms with Gasteiger partial charge in [-0.3, -0.25) is 4.90 Å². The summed E-state index contributed by atoms with van der Waals surface area (Å²) in [7, 11) is 3.27. The number of piperidine rings is 1. The van der Waals surface area contributed by atoms with Gasteiger partial charge < -0.3 is 14.6 Å². The molecule has 0 radical (unpaired) electrons. The lowest BCUT2D eigenvalue weighted by Crippen LogP contribution is -2.37. The van der Waals surface area contributed by atoms with Crippen LogP contribution in [0.2, 0.25) is 0 Å². The van der Waals surface area contributed by atoms with Crippen LogP contribution >= 0.6 is 11.3 Å². The average molecular weight is 388 g/mol. The van der Waals surface area contributed by atoms with Gasteiger partial charge in [-0.2, -0.15) is 9.61 Å². The van der Waals surface area contributed by atoms with Gasteiger partial charge in [0.1, 0.15) is 6.33 Å². The molecule has 144 valence electrons. The largest absolute Gasteiger partial charge is 0.493 e. The highest BCUT2D eigenvalue weighted by molar-refractivity contribution is 7.17. The number of fused-ring (bicyclic) bond motifs is 1. The lowest BCUT2D eigenvalue weighted by atomic mass is 9.95. The molecule has 8 heteroatoms. The zero-order valence-electron chi connectivity index (χ0n) is 15.8. The maximum absolute atomic E-state index is 10.8. The van der Waals surface area contributed by atoms with Crippen LogP contribution in [0.4, 0.5) is 0 Å². The monoisotopic (exact) mass is 388 g/mol. The average Bonchev–Trinajstić information content (AvgIpc) is 3.25. The van der Waals surface area contributed by atoms with Gasteiger partial charge in [0, 0.05) is 6.54 Å². The van der Waals surface area contributed by atoms with Crippen molar-refractivity contribution in [1.29, 1.82) is 0 Å². The third-order valence-electron chi connectivity index (χ3n) is 5.16. The van der Waals surface area contributed by atoms with Gasteiger partial charge in [0.05, 0.1) is 25.1 Å². The van der Waals surface area contributed by atoms with Crippen molar-refractivity contribution in [3.05, 3.63) is 35.0 Å². The van der Waals surface area contributed by atoms with Crippen LogP contribution in [0.5, 0.6) is 17.4 Å². The van der Waals surface area contributed by atoms with Gasteiger partial charge in [-0.05, 0) is 43.0 Å². The number of likely N-dealkylation sites (tertiary alicyclic amines) is 1. The van der Waals surface area contributed by atoms with Crippen molar-refractivity contribution >= 4 is 16.3 Å². The van der Waals surface area contributed by atoms with Crippen LogP contribution in [0.3, 0.4) is 0 Å². The normalized spacial score (nSPS) is 19.3. The predicted octanol–water partition coefficient (Wildman–Crippen LogP) is 3.33.